The van der Waals surface area contributed by atoms with Gasteiger partial charge in [0.15, 0.2) is 0 Å². The maximum absolute atomic E-state index is 11.7. The van der Waals surface area contributed by atoms with Crippen LogP contribution in [0.3, 0.4) is 0 Å². The highest BCUT2D eigenvalue weighted by Crippen LogP contribution is 2.23. The van der Waals surface area contributed by atoms with Gasteiger partial charge in [0.1, 0.15) is 0 Å². The zero-order chi connectivity index (χ0) is 13.0. The minimum absolute atomic E-state index is 0.224. The van der Waals surface area contributed by atoms with Gasteiger partial charge in [-0.05, 0) is 17.7 Å². The lowest BCUT2D eigenvalue weighted by Crippen LogP contribution is -2.22. The number of hydrogen-bond acceptors (Lipinski definition) is 4. The molecule has 0 fully saturated rings. The van der Waals surface area contributed by atoms with Crippen LogP contribution in [0, 0.1) is 11.3 Å². The van der Waals surface area contributed by atoms with Gasteiger partial charge in [-0.25, -0.2) is 0 Å². The zero-order valence-electron chi connectivity index (χ0n) is 10.1. The molecule has 0 saturated heterocycles. The van der Waals surface area contributed by atoms with E-state index in [0.717, 1.165) is 0 Å². The lowest BCUT2D eigenvalue weighted by molar-refractivity contribution is 0.0963. The van der Waals surface area contributed by atoms with Gasteiger partial charge in [-0.3, -0.25) is 4.79 Å². The Bertz CT molecular complexity index is 475. The molecule has 0 aliphatic carbocycles. The van der Waals surface area contributed by atoms with Gasteiger partial charge in [-0.1, -0.05) is 0 Å². The number of nitriles is 1. The Balaban J connectivity index is 3.47. The van der Waals surface area contributed by atoms with Crippen molar-refractivity contribution in [1.29, 1.82) is 5.26 Å². The summed E-state index contributed by atoms with van der Waals surface area (Å²) in [6.07, 6.45) is 0. The summed E-state index contributed by atoms with van der Waals surface area (Å²) in [5, 5.41) is 20.7. The summed E-state index contributed by atoms with van der Waals surface area (Å²) in [7, 11) is 5.14. The van der Waals surface area contributed by atoms with Crippen molar-refractivity contribution in [2.75, 3.05) is 26.0 Å². The molecule has 17 heavy (non-hydrogen) atoms. The average Bonchev–Trinajstić information content (AvgIpc) is 2.35. The quantitative estimate of drug-likeness (QED) is 0.796. The number of hydrogen-bond donors (Lipinski definition) is 2. The second kappa shape index (κ2) is 5.32. The Labute approximate surface area is 100 Å². The third-order valence-corrected chi connectivity index (χ3v) is 2.47. The molecule has 1 amide bonds. The summed E-state index contributed by atoms with van der Waals surface area (Å²) in [5.74, 6) is -0.255. The second-order valence-electron chi connectivity index (χ2n) is 3.77. The second-order valence-corrected chi connectivity index (χ2v) is 3.77. The number of nitrogens with one attached hydrogen (secondary N) is 1. The van der Waals surface area contributed by atoms with Crippen LogP contribution in [0.1, 0.15) is 21.5 Å². The molecule has 0 heterocycles. The Morgan fingerprint density at radius 1 is 1.53 bits per heavy atom. The van der Waals surface area contributed by atoms with Crippen LogP contribution >= 0.6 is 0 Å². The number of benzene rings is 1. The first kappa shape index (κ1) is 13.0. The van der Waals surface area contributed by atoms with E-state index >= 15 is 0 Å². The van der Waals surface area contributed by atoms with Crippen LogP contribution in [0.2, 0.25) is 0 Å². The number of amides is 1. The van der Waals surface area contributed by atoms with Crippen LogP contribution in [0.15, 0.2) is 12.1 Å². The maximum Gasteiger partial charge on any atom is 0.253 e. The number of aliphatic hydroxyl groups excluding tert-OH is 1. The van der Waals surface area contributed by atoms with E-state index in [1.54, 1.807) is 25.1 Å². The van der Waals surface area contributed by atoms with Crippen LogP contribution < -0.4 is 10.2 Å². The van der Waals surface area contributed by atoms with Gasteiger partial charge in [0.05, 0.1) is 23.8 Å². The maximum atomic E-state index is 11.7. The molecule has 0 bridgehead atoms. The predicted octanol–water partition coefficient (Wildman–Crippen LogP) is 0.476. The third kappa shape index (κ3) is 2.55. The lowest BCUT2D eigenvalue weighted by atomic mass is 10.0. The van der Waals surface area contributed by atoms with E-state index in [2.05, 4.69) is 5.32 Å². The highest BCUT2D eigenvalue weighted by atomic mass is 16.3. The topological polar surface area (TPSA) is 76.4 Å². The summed E-state index contributed by atoms with van der Waals surface area (Å²) in [6, 6.07) is 5.13. The Kier molecular flexibility index (Phi) is 4.07. The molecule has 0 saturated carbocycles. The van der Waals surface area contributed by atoms with Gasteiger partial charge in [-0.15, -0.1) is 0 Å². The SMILES string of the molecule is CNC(=O)c1cc(C#N)c(CO)cc1N(C)C. The van der Waals surface area contributed by atoms with Crippen molar-refractivity contribution in [1.82, 2.24) is 5.32 Å². The number of carbonyl (C=O) groups is 1. The van der Waals surface area contributed by atoms with Crippen molar-refractivity contribution in [3.8, 4) is 6.07 Å². The van der Waals surface area contributed by atoms with Gasteiger partial charge in [0.25, 0.3) is 5.91 Å². The van der Waals surface area contributed by atoms with Crippen molar-refractivity contribution in [3.63, 3.8) is 0 Å². The highest BCUT2D eigenvalue weighted by Gasteiger charge is 2.15. The molecule has 0 radical (unpaired) electrons. The first-order valence-electron chi connectivity index (χ1n) is 5.12. The monoisotopic (exact) mass is 233 g/mol. The fourth-order valence-corrected chi connectivity index (χ4v) is 1.55. The fraction of sp³-hybridized carbons (Fsp3) is 0.333. The standard InChI is InChI=1S/C12H15N3O2/c1-14-12(17)10-4-8(6-13)9(7-16)5-11(10)15(2)3/h4-5,16H,7H2,1-3H3,(H,14,17). The van der Waals surface area contributed by atoms with Crippen LogP contribution in [-0.2, 0) is 6.61 Å². The molecule has 0 atom stereocenters. The van der Waals surface area contributed by atoms with E-state index in [1.165, 1.54) is 13.1 Å². The highest BCUT2D eigenvalue weighted by molar-refractivity contribution is 6.00. The molecule has 1 aromatic rings. The van der Waals surface area contributed by atoms with Gasteiger partial charge in [0.2, 0.25) is 0 Å². The van der Waals surface area contributed by atoms with Crippen molar-refractivity contribution < 1.29 is 9.90 Å². The van der Waals surface area contributed by atoms with Gasteiger partial charge in [0, 0.05) is 26.8 Å². The molecule has 0 unspecified atom stereocenters. The first-order valence-corrected chi connectivity index (χ1v) is 5.12. The van der Waals surface area contributed by atoms with Crippen molar-refractivity contribution in [2.24, 2.45) is 0 Å². The smallest absolute Gasteiger partial charge is 0.253 e. The number of aliphatic hydroxyl groups is 1. The van der Waals surface area contributed by atoms with E-state index in [9.17, 15) is 9.90 Å². The molecule has 90 valence electrons. The Morgan fingerprint density at radius 3 is 2.59 bits per heavy atom. The molecule has 2 N–H and O–H groups in total. The molecule has 1 rings (SSSR count). The van der Waals surface area contributed by atoms with Crippen molar-refractivity contribution in [2.45, 2.75) is 6.61 Å². The molecular formula is C12H15N3O2. The third-order valence-electron chi connectivity index (χ3n) is 2.47. The molecule has 0 aliphatic heterocycles. The van der Waals surface area contributed by atoms with Gasteiger partial charge in [-0.2, -0.15) is 5.26 Å². The van der Waals surface area contributed by atoms with E-state index in [0.29, 0.717) is 22.4 Å². The molecule has 1 aromatic carbocycles. The van der Waals surface area contributed by atoms with E-state index in [4.69, 9.17) is 5.26 Å². The summed E-state index contributed by atoms with van der Waals surface area (Å²) in [5.41, 5.74) is 1.93. The van der Waals surface area contributed by atoms with Crippen molar-refractivity contribution >= 4 is 11.6 Å². The van der Waals surface area contributed by atoms with E-state index < -0.39 is 0 Å². The van der Waals surface area contributed by atoms with Crippen molar-refractivity contribution in [3.05, 3.63) is 28.8 Å². The summed E-state index contributed by atoms with van der Waals surface area (Å²) < 4.78 is 0. The first-order chi connectivity index (χ1) is 8.04. The van der Waals surface area contributed by atoms with Crippen LogP contribution in [0.25, 0.3) is 0 Å². The van der Waals surface area contributed by atoms with Crippen LogP contribution in [0.5, 0.6) is 0 Å². The Morgan fingerprint density at radius 2 is 2.18 bits per heavy atom. The molecular weight excluding hydrogens is 218 g/mol. The summed E-state index contributed by atoms with van der Waals surface area (Å²) in [4.78, 5) is 13.5. The molecule has 5 heteroatoms. The average molecular weight is 233 g/mol. The predicted molar refractivity (Wildman–Crippen MR) is 64.8 cm³/mol. The number of rotatable bonds is 3. The number of carbonyl (C=O) groups excluding carboxylic acids is 1. The summed E-state index contributed by atoms with van der Waals surface area (Å²) in [6.45, 7) is -0.224. The van der Waals surface area contributed by atoms with Gasteiger partial charge >= 0.3 is 0 Å². The normalized spacial score (nSPS) is 9.59. The largest absolute Gasteiger partial charge is 0.392 e. The van der Waals surface area contributed by atoms with Crippen LogP contribution in [0.4, 0.5) is 5.69 Å². The lowest BCUT2D eigenvalue weighted by Gasteiger charge is -2.18. The molecule has 0 aromatic heterocycles. The molecule has 5 nitrogen and oxygen atoms in total. The number of nitrogens with zero attached hydrogens (tertiary/aromatic N) is 2. The zero-order valence-corrected chi connectivity index (χ0v) is 10.1. The fourth-order valence-electron chi connectivity index (χ4n) is 1.55. The Hall–Kier alpha value is -2.06. The van der Waals surface area contributed by atoms with E-state index in [-0.39, 0.29) is 12.5 Å². The van der Waals surface area contributed by atoms with Crippen LogP contribution in [-0.4, -0.2) is 32.2 Å². The number of anilines is 1. The minimum atomic E-state index is -0.255. The minimum Gasteiger partial charge on any atom is -0.392 e. The summed E-state index contributed by atoms with van der Waals surface area (Å²) >= 11 is 0. The van der Waals surface area contributed by atoms with E-state index in [1.807, 2.05) is 6.07 Å². The molecule has 0 aliphatic rings. The van der Waals surface area contributed by atoms with Gasteiger partial charge < -0.3 is 15.3 Å². The molecule has 0 spiro atoms.